The fourth-order valence-electron chi connectivity index (χ4n) is 8.73. The van der Waals surface area contributed by atoms with Gasteiger partial charge >= 0.3 is 6.03 Å². The third kappa shape index (κ3) is 9.72. The number of nitrogens with one attached hydrogen (secondary N) is 4. The molecule has 59 heavy (non-hydrogen) atoms. The fraction of sp³-hybridized carbons (Fsp3) is 0.548. The van der Waals surface area contributed by atoms with Gasteiger partial charge in [-0.15, -0.1) is 0 Å². The van der Waals surface area contributed by atoms with Crippen LogP contribution in [-0.2, 0) is 39.9 Å². The van der Waals surface area contributed by atoms with Crippen molar-refractivity contribution in [3.63, 3.8) is 0 Å². The highest BCUT2D eigenvalue weighted by Gasteiger charge is 2.50. The largest absolute Gasteiger partial charge is 0.376 e. The van der Waals surface area contributed by atoms with Gasteiger partial charge in [-0.1, -0.05) is 13.0 Å². The monoisotopic (exact) mass is 821 g/mol. The van der Waals surface area contributed by atoms with Gasteiger partial charge < -0.3 is 45.5 Å². The summed E-state index contributed by atoms with van der Waals surface area (Å²) < 4.78 is 34.8. The Morgan fingerprint density at radius 1 is 0.915 bits per heavy atom. The molecule has 4 saturated heterocycles. The van der Waals surface area contributed by atoms with E-state index in [1.165, 1.54) is 21.6 Å². The Morgan fingerprint density at radius 2 is 1.61 bits per heavy atom. The molecule has 2 aromatic rings. The van der Waals surface area contributed by atoms with Crippen molar-refractivity contribution >= 4 is 47.5 Å². The van der Waals surface area contributed by atoms with Crippen molar-refractivity contribution in [3.05, 3.63) is 64.7 Å². The van der Waals surface area contributed by atoms with Gasteiger partial charge in [0.25, 0.3) is 0 Å². The number of nitrogens with zero attached hydrogens (tertiary/aromatic N) is 3. The first kappa shape index (κ1) is 43.1. The number of carbonyl (C=O) groups excluding carboxylic acids is 7. The van der Waals surface area contributed by atoms with Crippen LogP contribution in [0.1, 0.15) is 69.1 Å². The van der Waals surface area contributed by atoms with Gasteiger partial charge in [-0.05, 0) is 106 Å². The van der Waals surface area contributed by atoms with E-state index < -0.39 is 89.6 Å². The Morgan fingerprint density at radius 3 is 2.32 bits per heavy atom. The van der Waals surface area contributed by atoms with Gasteiger partial charge in [-0.3, -0.25) is 24.0 Å². The normalized spacial score (nSPS) is 27.3. The summed E-state index contributed by atoms with van der Waals surface area (Å²) in [5, 5.41) is 10.7. The molecule has 4 aliphatic heterocycles. The van der Waals surface area contributed by atoms with Crippen molar-refractivity contribution in [1.29, 1.82) is 0 Å². The lowest BCUT2D eigenvalue weighted by Gasteiger charge is -2.40. The average Bonchev–Trinajstić information content (AvgIpc) is 3.82. The summed E-state index contributed by atoms with van der Waals surface area (Å²) in [7, 11) is 0. The molecule has 6 rings (SSSR count). The minimum atomic E-state index is -1.48. The molecule has 0 saturated carbocycles. The summed E-state index contributed by atoms with van der Waals surface area (Å²) in [6.45, 7) is 6.94. The van der Waals surface area contributed by atoms with Crippen LogP contribution in [0.25, 0.3) is 0 Å². The van der Waals surface area contributed by atoms with Gasteiger partial charge in [0, 0.05) is 37.8 Å². The SMILES string of the molecule is Cc1ccc(NC(=O)N[C@@H](Cc2cc(F)cc(F)c2)C(=O)N[C@H]2COCC3(C=O)C[C@@H](C)CN3C(=O)[C@H](C)NC(=O)[C@@H]3CCCCN3C(=O)[C@@H]3CCCN3C2=O)cc1C. The lowest BCUT2D eigenvalue weighted by molar-refractivity contribution is -0.153. The molecular formula is C42H53F2N7O8. The second-order valence-corrected chi connectivity index (χ2v) is 16.5. The molecule has 0 aromatic heterocycles. The molecule has 2 aromatic carbocycles. The van der Waals surface area contributed by atoms with Crippen molar-refractivity contribution in [2.24, 2.45) is 5.92 Å². The molecule has 4 fully saturated rings. The van der Waals surface area contributed by atoms with E-state index in [2.05, 4.69) is 21.3 Å². The van der Waals surface area contributed by atoms with E-state index in [1.807, 2.05) is 20.8 Å². The summed E-state index contributed by atoms with van der Waals surface area (Å²) in [5.74, 6) is -4.96. The van der Waals surface area contributed by atoms with Crippen LogP contribution >= 0.6 is 0 Å². The quantitative estimate of drug-likeness (QED) is 0.307. The lowest BCUT2D eigenvalue weighted by atomic mass is 9.95. The highest BCUT2D eigenvalue weighted by Crippen LogP contribution is 2.33. The molecule has 17 heteroatoms. The minimum absolute atomic E-state index is 0.0438. The molecule has 318 valence electrons. The fourth-order valence-corrected chi connectivity index (χ4v) is 8.73. The predicted octanol–water partition coefficient (Wildman–Crippen LogP) is 2.51. The van der Waals surface area contributed by atoms with Crippen LogP contribution in [0.5, 0.6) is 0 Å². The number of urea groups is 1. The third-order valence-electron chi connectivity index (χ3n) is 11.9. The summed E-state index contributed by atoms with van der Waals surface area (Å²) in [4.78, 5) is 101. The van der Waals surface area contributed by atoms with E-state index in [-0.39, 0.29) is 50.6 Å². The minimum Gasteiger partial charge on any atom is -0.376 e. The maximum Gasteiger partial charge on any atom is 0.319 e. The molecule has 4 heterocycles. The summed E-state index contributed by atoms with van der Waals surface area (Å²) >= 11 is 0. The van der Waals surface area contributed by atoms with Crippen molar-refractivity contribution in [2.45, 2.75) is 108 Å². The van der Waals surface area contributed by atoms with Crippen molar-refractivity contribution in [1.82, 2.24) is 30.7 Å². The lowest BCUT2D eigenvalue weighted by Crippen LogP contribution is -2.63. The number of hydrogen-bond donors (Lipinski definition) is 4. The Bertz CT molecular complexity index is 1960. The van der Waals surface area contributed by atoms with Crippen LogP contribution in [0.3, 0.4) is 0 Å². The highest BCUT2D eigenvalue weighted by atomic mass is 19.1. The first-order chi connectivity index (χ1) is 28.1. The van der Waals surface area contributed by atoms with Gasteiger partial charge in [0.05, 0.1) is 13.2 Å². The molecule has 4 N–H and O–H groups in total. The number of ether oxygens (including phenoxy) is 1. The smallest absolute Gasteiger partial charge is 0.319 e. The average molecular weight is 822 g/mol. The van der Waals surface area contributed by atoms with E-state index in [0.717, 1.165) is 23.3 Å². The highest BCUT2D eigenvalue weighted by molar-refractivity contribution is 5.98. The first-order valence-corrected chi connectivity index (χ1v) is 20.3. The van der Waals surface area contributed by atoms with E-state index in [4.69, 9.17) is 4.74 Å². The molecule has 4 aliphatic rings. The molecule has 0 aliphatic carbocycles. The van der Waals surface area contributed by atoms with E-state index in [1.54, 1.807) is 18.2 Å². The number of benzene rings is 2. The van der Waals surface area contributed by atoms with Crippen molar-refractivity contribution in [2.75, 3.05) is 38.2 Å². The maximum absolute atomic E-state index is 14.6. The van der Waals surface area contributed by atoms with Crippen molar-refractivity contribution < 1.29 is 47.1 Å². The van der Waals surface area contributed by atoms with Crippen LogP contribution < -0.4 is 21.3 Å². The number of rotatable bonds is 7. The van der Waals surface area contributed by atoms with Gasteiger partial charge in [-0.25, -0.2) is 13.6 Å². The van der Waals surface area contributed by atoms with Gasteiger partial charge in [0.15, 0.2) is 0 Å². The number of aldehydes is 1. The zero-order valence-corrected chi connectivity index (χ0v) is 33.9. The number of piperidine rings is 1. The zero-order chi connectivity index (χ0) is 42.6. The zero-order valence-electron chi connectivity index (χ0n) is 33.9. The number of fused-ring (bicyclic) bond motifs is 3. The Labute approximate surface area is 341 Å². The summed E-state index contributed by atoms with van der Waals surface area (Å²) in [6, 6.07) is 1.28. The third-order valence-corrected chi connectivity index (χ3v) is 11.9. The second kappa shape index (κ2) is 18.2. The van der Waals surface area contributed by atoms with Crippen LogP contribution in [0.15, 0.2) is 36.4 Å². The second-order valence-electron chi connectivity index (χ2n) is 16.5. The summed E-state index contributed by atoms with van der Waals surface area (Å²) in [5.41, 5.74) is 0.899. The molecule has 7 amide bonds. The number of hydrogen-bond acceptors (Lipinski definition) is 8. The molecule has 0 spiro atoms. The first-order valence-electron chi connectivity index (χ1n) is 20.3. The molecule has 0 radical (unpaired) electrons. The maximum atomic E-state index is 14.6. The standard InChI is InChI=1S/C42H53F2N7O8/c1-24-19-42(22-52)23-59-21-33(47-36(53)32(17-28-15-29(43)18-30(44)16-28)48-41(58)46-31-11-10-25(2)26(3)14-31)39(56)50-13-7-9-35(50)40(57)49-12-6-5-8-34(49)37(54)45-27(4)38(55)51(42)20-24/h10-11,14-16,18,22,24,27,32-35H,5-9,12-13,17,19-21,23H2,1-4H3,(H,45,54)(H,47,53)(H2,46,48,58)/t24-,27+,32+,33+,34+,35+,42?/m1/s1. The Kier molecular flexibility index (Phi) is 13.3. The molecular weight excluding hydrogens is 768 g/mol. The number of amides is 7. The van der Waals surface area contributed by atoms with Gasteiger partial charge in [0.1, 0.15) is 53.7 Å². The van der Waals surface area contributed by atoms with Crippen LogP contribution in [0.2, 0.25) is 0 Å². The van der Waals surface area contributed by atoms with Gasteiger partial charge in [0.2, 0.25) is 29.5 Å². The molecule has 7 atom stereocenters. The number of carbonyl (C=O) groups is 7. The van der Waals surface area contributed by atoms with Gasteiger partial charge in [-0.2, -0.15) is 0 Å². The van der Waals surface area contributed by atoms with E-state index in [0.29, 0.717) is 50.1 Å². The van der Waals surface area contributed by atoms with Crippen LogP contribution in [0, 0.1) is 31.4 Å². The number of aryl methyl sites for hydroxylation is 2. The van der Waals surface area contributed by atoms with Crippen LogP contribution in [-0.4, -0.2) is 125 Å². The molecule has 15 nitrogen and oxygen atoms in total. The Balaban J connectivity index is 1.32. The number of anilines is 1. The molecule has 1 unspecified atom stereocenters. The number of halogens is 2. The van der Waals surface area contributed by atoms with E-state index >= 15 is 0 Å². The Hall–Kier alpha value is -5.45. The van der Waals surface area contributed by atoms with E-state index in [9.17, 15) is 42.3 Å². The van der Waals surface area contributed by atoms with Crippen molar-refractivity contribution in [3.8, 4) is 0 Å². The topological polar surface area (TPSA) is 187 Å². The molecule has 0 bridgehead atoms. The van der Waals surface area contributed by atoms with Crippen LogP contribution in [0.4, 0.5) is 19.3 Å². The summed E-state index contributed by atoms with van der Waals surface area (Å²) in [6.07, 6.45) is 2.88. The predicted molar refractivity (Wildman–Crippen MR) is 211 cm³/mol.